The maximum Gasteiger partial charge on any atom is 0.254 e. The molecule has 2 fully saturated rings. The van der Waals surface area contributed by atoms with Crippen LogP contribution in [0.3, 0.4) is 0 Å². The summed E-state index contributed by atoms with van der Waals surface area (Å²) in [5.41, 5.74) is 4.79. The van der Waals surface area contributed by atoms with Crippen molar-refractivity contribution in [3.05, 3.63) is 58.5 Å². The molecular weight excluding hydrogens is 423 g/mol. The quantitative estimate of drug-likeness (QED) is 0.733. The monoisotopic (exact) mass is 446 g/mol. The maximum absolute atomic E-state index is 14.5. The number of halogens is 2. The molecule has 164 valence electrons. The number of aromatic nitrogens is 1. The minimum absolute atomic E-state index is 0.0750. The summed E-state index contributed by atoms with van der Waals surface area (Å²) in [6.07, 6.45) is 2.89. The topological polar surface area (TPSA) is 96.6 Å². The van der Waals surface area contributed by atoms with E-state index in [1.54, 1.807) is 24.0 Å². The van der Waals surface area contributed by atoms with E-state index in [4.69, 9.17) is 16.4 Å². The van der Waals surface area contributed by atoms with Crippen LogP contribution in [0.4, 0.5) is 10.2 Å². The number of carbonyl (C=O) groups is 3. The Labute approximate surface area is 185 Å². The fraction of sp³-hybridized carbons (Fsp3) is 0.364. The summed E-state index contributed by atoms with van der Waals surface area (Å²) in [7, 11) is 0. The molecule has 1 spiro atoms. The van der Waals surface area contributed by atoms with Gasteiger partial charge < -0.3 is 10.6 Å². The molecule has 1 aliphatic heterocycles. The lowest BCUT2D eigenvalue weighted by Gasteiger charge is -2.56. The van der Waals surface area contributed by atoms with Gasteiger partial charge in [-0.1, -0.05) is 30.7 Å². The highest BCUT2D eigenvalue weighted by Crippen LogP contribution is 2.47. The molecule has 2 N–H and O–H groups in total. The van der Waals surface area contributed by atoms with Crippen molar-refractivity contribution in [1.82, 2.24) is 9.88 Å². The Balaban J connectivity index is 0.000000858. The van der Waals surface area contributed by atoms with Gasteiger partial charge in [-0.3, -0.25) is 19.3 Å². The summed E-state index contributed by atoms with van der Waals surface area (Å²) in [4.78, 5) is 42.0. The summed E-state index contributed by atoms with van der Waals surface area (Å²) in [5, 5.41) is 0.615. The number of benzene rings is 1. The number of pyridine rings is 1. The normalized spacial score (nSPS) is 22.6. The number of amides is 3. The van der Waals surface area contributed by atoms with Gasteiger partial charge >= 0.3 is 0 Å². The molecule has 2 heterocycles. The number of aryl methyl sites for hydroxylation is 1. The van der Waals surface area contributed by atoms with Crippen molar-refractivity contribution < 1.29 is 18.8 Å². The molecule has 1 aromatic heterocycles. The Morgan fingerprint density at radius 1 is 1.29 bits per heavy atom. The molecular formula is C22H24ClFN4O3. The van der Waals surface area contributed by atoms with Crippen LogP contribution in [0.15, 0.2) is 36.5 Å². The van der Waals surface area contributed by atoms with Crippen molar-refractivity contribution >= 4 is 35.6 Å². The van der Waals surface area contributed by atoms with Crippen molar-refractivity contribution in [1.29, 1.82) is 0 Å². The lowest BCUT2D eigenvalue weighted by Crippen LogP contribution is -2.72. The molecule has 2 aliphatic rings. The van der Waals surface area contributed by atoms with Crippen LogP contribution in [0.2, 0.25) is 5.02 Å². The fourth-order valence-corrected chi connectivity index (χ4v) is 4.42. The van der Waals surface area contributed by atoms with Gasteiger partial charge in [-0.25, -0.2) is 9.37 Å². The minimum Gasteiger partial charge on any atom is -0.372 e. The van der Waals surface area contributed by atoms with Crippen molar-refractivity contribution in [3.8, 4) is 0 Å². The van der Waals surface area contributed by atoms with Crippen molar-refractivity contribution in [3.63, 3.8) is 0 Å². The van der Waals surface area contributed by atoms with E-state index in [2.05, 4.69) is 10.7 Å². The summed E-state index contributed by atoms with van der Waals surface area (Å²) in [6.45, 7) is 3.89. The second-order valence-corrected chi connectivity index (χ2v) is 8.43. The molecule has 0 radical (unpaired) electrons. The molecule has 1 aliphatic carbocycles. The SMILES string of the molecule is Cc1cnc(N2CC(=O)N(Cc3ccc(Cl)cc3)C3(CC(C)C3)C2=O)c(F)c1.NC=O. The summed E-state index contributed by atoms with van der Waals surface area (Å²) in [5.74, 6) is -0.804. The van der Waals surface area contributed by atoms with Gasteiger partial charge in [0.2, 0.25) is 12.3 Å². The molecule has 1 saturated carbocycles. The number of hydrogen-bond donors (Lipinski definition) is 1. The number of piperazine rings is 1. The van der Waals surface area contributed by atoms with Gasteiger partial charge in [-0.05, 0) is 55.0 Å². The predicted octanol–water partition coefficient (Wildman–Crippen LogP) is 2.83. The Kier molecular flexibility index (Phi) is 6.59. The smallest absolute Gasteiger partial charge is 0.254 e. The molecule has 3 amide bonds. The van der Waals surface area contributed by atoms with Gasteiger partial charge in [0.25, 0.3) is 5.91 Å². The van der Waals surface area contributed by atoms with Crippen molar-refractivity contribution in [2.75, 3.05) is 11.4 Å². The number of anilines is 1. The Morgan fingerprint density at radius 3 is 2.45 bits per heavy atom. The Bertz CT molecular complexity index is 993. The fourth-order valence-electron chi connectivity index (χ4n) is 4.29. The number of nitrogens with zero attached hydrogens (tertiary/aromatic N) is 3. The second kappa shape index (κ2) is 9.01. The average Bonchev–Trinajstić information content (AvgIpc) is 2.69. The van der Waals surface area contributed by atoms with Crippen LogP contribution < -0.4 is 10.6 Å². The van der Waals surface area contributed by atoms with Crippen LogP contribution in [-0.4, -0.2) is 40.2 Å². The molecule has 9 heteroatoms. The van der Waals surface area contributed by atoms with Crippen LogP contribution in [0.25, 0.3) is 0 Å². The second-order valence-electron chi connectivity index (χ2n) is 8.00. The number of primary amides is 1. The molecule has 0 unspecified atom stereocenters. The standard InChI is InChI=1S/C21H21ClFN3O2.CH3NO/c1-13-7-17(23)19(24-10-13)25-12-18(27)26(11-15-3-5-16(22)6-4-15)21(20(25)28)8-14(2)9-21;2-1-3/h3-7,10,14H,8-9,11-12H2,1-2H3;1H,(H2,2,3). The van der Waals surface area contributed by atoms with Gasteiger partial charge in [-0.2, -0.15) is 0 Å². The van der Waals surface area contributed by atoms with Gasteiger partial charge in [0.05, 0.1) is 0 Å². The van der Waals surface area contributed by atoms with Crippen LogP contribution >= 0.6 is 11.6 Å². The number of hydrogen-bond acceptors (Lipinski definition) is 4. The zero-order chi connectivity index (χ0) is 22.8. The minimum atomic E-state index is -0.937. The molecule has 4 rings (SSSR count). The zero-order valence-corrected chi connectivity index (χ0v) is 18.1. The third kappa shape index (κ3) is 4.39. The predicted molar refractivity (Wildman–Crippen MR) is 115 cm³/mol. The van der Waals surface area contributed by atoms with Crippen LogP contribution in [0, 0.1) is 18.7 Å². The van der Waals surface area contributed by atoms with Crippen LogP contribution in [-0.2, 0) is 20.9 Å². The first kappa shape index (κ1) is 22.7. The van der Waals surface area contributed by atoms with E-state index in [0.29, 0.717) is 35.9 Å². The average molecular weight is 447 g/mol. The first-order valence-corrected chi connectivity index (χ1v) is 10.2. The van der Waals surface area contributed by atoms with E-state index >= 15 is 0 Å². The number of rotatable bonds is 3. The van der Waals surface area contributed by atoms with Gasteiger partial charge in [0.1, 0.15) is 12.1 Å². The third-order valence-corrected chi connectivity index (χ3v) is 5.85. The molecule has 1 saturated heterocycles. The van der Waals surface area contributed by atoms with Gasteiger partial charge in [0.15, 0.2) is 11.6 Å². The van der Waals surface area contributed by atoms with E-state index < -0.39 is 11.4 Å². The lowest BCUT2D eigenvalue weighted by molar-refractivity contribution is -0.161. The highest BCUT2D eigenvalue weighted by atomic mass is 35.5. The third-order valence-electron chi connectivity index (χ3n) is 5.59. The van der Waals surface area contributed by atoms with E-state index in [-0.39, 0.29) is 30.6 Å². The van der Waals surface area contributed by atoms with E-state index in [9.17, 15) is 14.0 Å². The number of nitrogens with two attached hydrogens (primary N) is 1. The first-order chi connectivity index (χ1) is 14.7. The maximum atomic E-state index is 14.5. The van der Waals surface area contributed by atoms with Crippen molar-refractivity contribution in [2.24, 2.45) is 11.7 Å². The summed E-state index contributed by atoms with van der Waals surface area (Å²) in [6, 6.07) is 8.56. The van der Waals surface area contributed by atoms with E-state index in [1.807, 2.05) is 19.1 Å². The zero-order valence-electron chi connectivity index (χ0n) is 17.3. The molecule has 7 nitrogen and oxygen atoms in total. The molecule has 0 atom stereocenters. The Hall–Kier alpha value is -3.00. The van der Waals surface area contributed by atoms with E-state index in [0.717, 1.165) is 5.56 Å². The van der Waals surface area contributed by atoms with Gasteiger partial charge in [0, 0.05) is 17.8 Å². The van der Waals surface area contributed by atoms with Crippen LogP contribution in [0.5, 0.6) is 0 Å². The molecule has 0 bridgehead atoms. The van der Waals surface area contributed by atoms with Gasteiger partial charge in [-0.15, -0.1) is 0 Å². The summed E-state index contributed by atoms with van der Waals surface area (Å²) >= 11 is 5.95. The molecule has 31 heavy (non-hydrogen) atoms. The Morgan fingerprint density at radius 2 is 1.90 bits per heavy atom. The first-order valence-electron chi connectivity index (χ1n) is 9.86. The largest absolute Gasteiger partial charge is 0.372 e. The molecule has 2 aromatic rings. The number of carbonyl (C=O) groups excluding carboxylic acids is 3. The van der Waals surface area contributed by atoms with Crippen molar-refractivity contribution in [2.45, 2.75) is 38.8 Å². The molecule has 1 aromatic carbocycles. The summed E-state index contributed by atoms with van der Waals surface area (Å²) < 4.78 is 14.5. The highest BCUT2D eigenvalue weighted by molar-refractivity contribution is 6.30. The highest BCUT2D eigenvalue weighted by Gasteiger charge is 2.59. The van der Waals surface area contributed by atoms with Crippen LogP contribution in [0.1, 0.15) is 30.9 Å². The van der Waals surface area contributed by atoms with E-state index in [1.165, 1.54) is 17.2 Å². The lowest BCUT2D eigenvalue weighted by atomic mass is 9.66.